The fourth-order valence-electron chi connectivity index (χ4n) is 9.01. The van der Waals surface area contributed by atoms with Gasteiger partial charge in [0.25, 0.3) is 11.6 Å². The molecule has 52 heavy (non-hydrogen) atoms. The molecule has 0 saturated carbocycles. The summed E-state index contributed by atoms with van der Waals surface area (Å²) in [7, 11) is -0.978. The number of fused-ring (bicyclic) bond motifs is 2. The summed E-state index contributed by atoms with van der Waals surface area (Å²) in [6.45, 7) is 7.75. The van der Waals surface area contributed by atoms with Crippen molar-refractivity contribution in [3.8, 4) is 5.75 Å². The van der Waals surface area contributed by atoms with E-state index in [0.29, 0.717) is 42.4 Å². The molecule has 3 amide bonds. The van der Waals surface area contributed by atoms with Gasteiger partial charge in [0.05, 0.1) is 64.1 Å². The van der Waals surface area contributed by atoms with Crippen LogP contribution in [-0.4, -0.2) is 86.5 Å². The van der Waals surface area contributed by atoms with Gasteiger partial charge >= 0.3 is 6.09 Å². The number of carbonyl (C=O) groups is 3. The third-order valence-electron chi connectivity index (χ3n) is 11.7. The van der Waals surface area contributed by atoms with Gasteiger partial charge in [0.2, 0.25) is 5.91 Å². The number of nitro groups is 1. The zero-order chi connectivity index (χ0) is 36.9. The summed E-state index contributed by atoms with van der Waals surface area (Å²) in [4.78, 5) is 57.8. The molecule has 274 valence electrons. The number of aliphatic hydroxyl groups is 1. The lowest BCUT2D eigenvalue weighted by atomic mass is 9.82. The number of nitrogens with zero attached hydrogens (tertiary/aromatic N) is 4. The van der Waals surface area contributed by atoms with Gasteiger partial charge in [-0.1, -0.05) is 49.5 Å². The molecule has 3 aromatic rings. The van der Waals surface area contributed by atoms with Crippen LogP contribution in [0, 0.1) is 16.0 Å². The van der Waals surface area contributed by atoms with Crippen molar-refractivity contribution in [2.45, 2.75) is 69.1 Å². The van der Waals surface area contributed by atoms with Crippen molar-refractivity contribution in [2.75, 3.05) is 43.2 Å². The highest BCUT2D eigenvalue weighted by molar-refractivity contribution is 6.91. The number of aliphatic hydroxyl groups excluding tert-OH is 1. The number of likely N-dealkylation sites (tertiary alicyclic amines) is 1. The van der Waals surface area contributed by atoms with Crippen molar-refractivity contribution in [2.24, 2.45) is 5.92 Å². The quantitative estimate of drug-likeness (QED) is 0.178. The Balaban J connectivity index is 1.29. The summed E-state index contributed by atoms with van der Waals surface area (Å²) in [6.07, 6.45) is 0.440. The highest BCUT2D eigenvalue weighted by atomic mass is 28.3. The number of cyclic esters (lactones) is 1. The van der Waals surface area contributed by atoms with Crippen LogP contribution in [0.3, 0.4) is 0 Å². The zero-order valence-corrected chi connectivity index (χ0v) is 30.8. The normalized spacial score (nSPS) is 25.6. The number of carbonyl (C=O) groups excluding carboxylic acids is 3. The van der Waals surface area contributed by atoms with E-state index in [9.17, 15) is 24.8 Å². The molecule has 14 heteroatoms. The van der Waals surface area contributed by atoms with E-state index in [2.05, 4.69) is 13.1 Å². The van der Waals surface area contributed by atoms with Crippen LogP contribution in [0.5, 0.6) is 5.75 Å². The first-order chi connectivity index (χ1) is 24.9. The number of benzene rings is 3. The van der Waals surface area contributed by atoms with Crippen LogP contribution in [0.15, 0.2) is 66.7 Å². The number of hydrogen-bond donors (Lipinski definition) is 1. The molecule has 5 atom stereocenters. The second-order valence-corrected chi connectivity index (χ2v) is 19.4. The van der Waals surface area contributed by atoms with Crippen molar-refractivity contribution in [3.05, 3.63) is 88.0 Å². The van der Waals surface area contributed by atoms with Gasteiger partial charge in [-0.25, -0.2) is 4.79 Å². The Kier molecular flexibility index (Phi) is 9.34. The van der Waals surface area contributed by atoms with E-state index >= 15 is 4.79 Å². The average molecular weight is 729 g/mol. The molecule has 1 N–H and O–H groups in total. The maximum Gasteiger partial charge on any atom is 0.414 e. The number of ether oxygens (including phenoxy) is 3. The molecular weight excluding hydrogens is 685 g/mol. The van der Waals surface area contributed by atoms with Gasteiger partial charge in [-0.2, -0.15) is 0 Å². The van der Waals surface area contributed by atoms with Gasteiger partial charge in [0.1, 0.15) is 12.4 Å². The Morgan fingerprint density at radius 1 is 1.08 bits per heavy atom. The molecule has 0 aromatic heterocycles. The van der Waals surface area contributed by atoms with Crippen LogP contribution < -0.4 is 19.7 Å². The van der Waals surface area contributed by atoms with Crippen LogP contribution in [0.25, 0.3) is 0 Å². The number of non-ortho nitro benzene ring substituents is 1. The lowest BCUT2D eigenvalue weighted by Gasteiger charge is -2.37. The molecule has 7 rings (SSSR count). The smallest absolute Gasteiger partial charge is 0.414 e. The van der Waals surface area contributed by atoms with Gasteiger partial charge in [-0.15, -0.1) is 0 Å². The Hall–Kier alpha value is -4.79. The van der Waals surface area contributed by atoms with E-state index in [4.69, 9.17) is 14.2 Å². The van der Waals surface area contributed by atoms with E-state index in [1.54, 1.807) is 27.9 Å². The molecule has 3 aromatic carbocycles. The third-order valence-corrected chi connectivity index (χ3v) is 16.0. The molecule has 0 radical (unpaired) electrons. The van der Waals surface area contributed by atoms with Gasteiger partial charge in [-0.3, -0.25) is 24.6 Å². The fourth-order valence-corrected chi connectivity index (χ4v) is 13.0. The van der Waals surface area contributed by atoms with Gasteiger partial charge < -0.3 is 29.1 Å². The summed E-state index contributed by atoms with van der Waals surface area (Å²) in [5.41, 5.74) is 0.410. The number of anilines is 2. The fraction of sp³-hybridized carbons (Fsp3) is 0.447. The molecule has 4 heterocycles. The summed E-state index contributed by atoms with van der Waals surface area (Å²) >= 11 is 0. The number of nitro benzene ring substituents is 1. The molecule has 3 saturated heterocycles. The Labute approximate surface area is 303 Å². The first-order valence-electron chi connectivity index (χ1n) is 17.8. The molecule has 4 aliphatic rings. The molecule has 3 fully saturated rings. The Morgan fingerprint density at radius 3 is 2.44 bits per heavy atom. The largest absolute Gasteiger partial charge is 0.497 e. The van der Waals surface area contributed by atoms with E-state index in [1.165, 1.54) is 12.1 Å². The monoisotopic (exact) mass is 728 g/mol. The van der Waals surface area contributed by atoms with Crippen molar-refractivity contribution in [3.63, 3.8) is 0 Å². The average Bonchev–Trinajstić information content (AvgIpc) is 3.91. The zero-order valence-electron chi connectivity index (χ0n) is 29.8. The number of rotatable bonds is 10. The molecule has 1 spiro atoms. The topological polar surface area (TPSA) is 152 Å². The van der Waals surface area contributed by atoms with Crippen LogP contribution >= 0.6 is 0 Å². The number of methoxy groups -OCH3 is 1. The lowest BCUT2D eigenvalue weighted by molar-refractivity contribution is -0.385. The Bertz CT molecular complexity index is 1890. The van der Waals surface area contributed by atoms with Gasteiger partial charge in [0.15, 0.2) is 5.60 Å². The molecule has 0 bridgehead atoms. The maximum atomic E-state index is 15.1. The highest BCUT2D eigenvalue weighted by Gasteiger charge is 2.67. The summed E-state index contributed by atoms with van der Waals surface area (Å²) < 4.78 is 17.6. The summed E-state index contributed by atoms with van der Waals surface area (Å²) in [5, 5.41) is 23.3. The van der Waals surface area contributed by atoms with E-state index in [0.717, 1.165) is 23.6 Å². The van der Waals surface area contributed by atoms with Crippen LogP contribution in [0.4, 0.5) is 21.9 Å². The number of amides is 3. The van der Waals surface area contributed by atoms with E-state index < -0.39 is 36.7 Å². The van der Waals surface area contributed by atoms with Crippen molar-refractivity contribution < 1.29 is 38.6 Å². The lowest BCUT2D eigenvalue weighted by Crippen LogP contribution is -2.52. The van der Waals surface area contributed by atoms with Crippen molar-refractivity contribution in [1.82, 2.24) is 4.90 Å². The SMILES string of the molecule is COc1ccc([Si](C)(C)[C@@H]2[C@@H](CC(=O)N3CCC[C@H]3CO)O[C@]3(C(=O)N(Cc4ccc(N5CCOC5=O)cc4)c4ccc([N+](=O)[O-])cc43)[C@H]2C)cc1. The minimum atomic E-state index is -2.59. The predicted molar refractivity (Wildman–Crippen MR) is 195 cm³/mol. The first kappa shape index (κ1) is 35.6. The summed E-state index contributed by atoms with van der Waals surface area (Å²) in [5.74, 6) is -0.230. The molecular formula is C38H44N4O9Si. The Morgan fingerprint density at radius 2 is 1.81 bits per heavy atom. The molecule has 13 nitrogen and oxygen atoms in total. The van der Waals surface area contributed by atoms with Crippen LogP contribution in [0.1, 0.15) is 37.3 Å². The minimum Gasteiger partial charge on any atom is -0.497 e. The van der Waals surface area contributed by atoms with Crippen LogP contribution in [-0.2, 0) is 31.2 Å². The molecule has 0 unspecified atom stereocenters. The van der Waals surface area contributed by atoms with Gasteiger partial charge in [0, 0.05) is 35.8 Å². The highest BCUT2D eigenvalue weighted by Crippen LogP contribution is 2.60. The van der Waals surface area contributed by atoms with E-state index in [1.807, 2.05) is 55.5 Å². The summed E-state index contributed by atoms with van der Waals surface area (Å²) in [6, 6.07) is 19.4. The third kappa shape index (κ3) is 5.82. The minimum absolute atomic E-state index is 0.0117. The van der Waals surface area contributed by atoms with Gasteiger partial charge in [-0.05, 0) is 54.3 Å². The van der Waals surface area contributed by atoms with Crippen molar-refractivity contribution in [1.29, 1.82) is 0 Å². The second kappa shape index (κ2) is 13.6. The van der Waals surface area contributed by atoms with E-state index in [-0.39, 0.29) is 48.7 Å². The standard InChI is InChI=1S/C38H44N4O9Si/c1-24-35(52(3,4)30-14-12-29(49-2)13-15-30)33(21-34(44)39-17-5-6-28(39)23-43)51-38(24)31-20-27(42(47)48)11-16-32(31)41(36(38)45)22-25-7-9-26(10-8-25)40-18-19-50-37(40)46/h7-16,20,24,28,33,35,43H,5-6,17-19,21-23H2,1-4H3/t24-,28-,33+,35-,38+/m0/s1. The maximum absolute atomic E-state index is 15.1. The molecule has 0 aliphatic carbocycles. The molecule has 4 aliphatic heterocycles. The number of hydrogen-bond acceptors (Lipinski definition) is 9. The van der Waals surface area contributed by atoms with Crippen LogP contribution in [0.2, 0.25) is 18.6 Å². The second-order valence-electron chi connectivity index (χ2n) is 14.7. The predicted octanol–water partition coefficient (Wildman–Crippen LogP) is 4.70. The first-order valence-corrected chi connectivity index (χ1v) is 20.8. The van der Waals surface area contributed by atoms with Crippen molar-refractivity contribution >= 4 is 48.2 Å².